The van der Waals surface area contributed by atoms with Crippen LogP contribution in [-0.4, -0.2) is 31.0 Å². The van der Waals surface area contributed by atoms with E-state index in [1.807, 2.05) is 0 Å². The molecule has 196 valence electrons. The van der Waals surface area contributed by atoms with E-state index in [2.05, 4.69) is 0 Å². The molecule has 3 atom stereocenters. The van der Waals surface area contributed by atoms with Crippen LogP contribution in [-0.2, 0) is 32.0 Å². The number of ether oxygens (including phenoxy) is 1. The van der Waals surface area contributed by atoms with Crippen molar-refractivity contribution >= 4 is 74.6 Å². The van der Waals surface area contributed by atoms with Gasteiger partial charge in [0.15, 0.2) is 6.10 Å². The van der Waals surface area contributed by atoms with Gasteiger partial charge >= 0.3 is 5.97 Å². The predicted molar refractivity (Wildman–Crippen MR) is 146 cm³/mol. The van der Waals surface area contributed by atoms with Gasteiger partial charge < -0.3 is 4.74 Å². The fourth-order valence-corrected chi connectivity index (χ4v) is 7.54. The highest BCUT2D eigenvalue weighted by Gasteiger charge is 2.61. The van der Waals surface area contributed by atoms with Gasteiger partial charge in [0.25, 0.3) is 5.91 Å². The van der Waals surface area contributed by atoms with Crippen molar-refractivity contribution in [3.05, 3.63) is 79.1 Å². The maximum Gasteiger partial charge on any atom is 0.341 e. The summed E-state index contributed by atoms with van der Waals surface area (Å²) < 4.78 is 5.07. The lowest BCUT2D eigenvalue weighted by molar-refractivity contribution is -0.126. The van der Waals surface area contributed by atoms with Crippen LogP contribution >= 0.6 is 46.1 Å². The van der Waals surface area contributed by atoms with Crippen molar-refractivity contribution in [2.45, 2.75) is 37.8 Å². The molecule has 6 rings (SSSR count). The first-order chi connectivity index (χ1) is 18.3. The fraction of sp³-hybridized carbons (Fsp3) is 0.296. The number of carbonyl (C=O) groups is 3. The Hall–Kier alpha value is -2.62. The third-order valence-electron chi connectivity index (χ3n) is 7.22. The number of carbonyl (C=O) groups excluding carboxylic acids is 3. The van der Waals surface area contributed by atoms with Crippen LogP contribution in [0.15, 0.2) is 42.5 Å². The number of thiophene rings is 1. The van der Waals surface area contributed by atoms with E-state index in [0.717, 1.165) is 34.6 Å². The average Bonchev–Trinajstić information content (AvgIpc) is 3.54. The number of anilines is 2. The summed E-state index contributed by atoms with van der Waals surface area (Å²) in [4.78, 5) is 49.2. The lowest BCUT2D eigenvalue weighted by Gasteiger charge is -2.29. The number of fused-ring (bicyclic) bond motifs is 2. The number of esters is 1. The molecule has 0 radical (unpaired) electrons. The van der Waals surface area contributed by atoms with E-state index in [1.54, 1.807) is 42.5 Å². The first-order valence-corrected chi connectivity index (χ1v) is 14.0. The van der Waals surface area contributed by atoms with E-state index < -0.39 is 35.8 Å². The molecule has 7 nitrogen and oxygen atoms in total. The van der Waals surface area contributed by atoms with Crippen molar-refractivity contribution < 1.29 is 24.0 Å². The van der Waals surface area contributed by atoms with Gasteiger partial charge in [-0.25, -0.2) is 14.8 Å². The van der Waals surface area contributed by atoms with E-state index in [-0.39, 0.29) is 0 Å². The molecule has 0 spiro atoms. The molecule has 2 fully saturated rings. The van der Waals surface area contributed by atoms with Gasteiger partial charge in [0, 0.05) is 19.9 Å². The molecular weight excluding hydrogens is 571 g/mol. The van der Waals surface area contributed by atoms with Gasteiger partial charge in [-0.2, -0.15) is 0 Å². The maximum atomic E-state index is 14.1. The van der Waals surface area contributed by atoms with Crippen LogP contribution in [0.2, 0.25) is 15.1 Å². The number of aryl methyl sites for hydroxylation is 1. The first kappa shape index (κ1) is 25.6. The molecule has 2 amide bonds. The summed E-state index contributed by atoms with van der Waals surface area (Å²) in [5, 5.41) is 3.15. The molecular formula is C27H21Cl3N2O5S. The van der Waals surface area contributed by atoms with Gasteiger partial charge in [0.05, 0.1) is 24.4 Å². The maximum absolute atomic E-state index is 14.1. The van der Waals surface area contributed by atoms with Crippen LogP contribution in [0.4, 0.5) is 10.7 Å². The molecule has 2 saturated heterocycles. The van der Waals surface area contributed by atoms with Crippen LogP contribution in [0.5, 0.6) is 0 Å². The molecule has 11 heteroatoms. The average molecular weight is 592 g/mol. The largest absolute Gasteiger partial charge is 0.465 e. The van der Waals surface area contributed by atoms with Gasteiger partial charge in [-0.15, -0.1) is 11.3 Å². The SMILES string of the molecule is COC(=O)c1c(N2C(=O)[C@H]3[C@@H](ON(c4ccc(Cl)cc4)[C@H]3c3ccc(Cl)cc3Cl)C2=O)sc2c1CCCC2. The number of hydroxylamine groups is 1. The minimum atomic E-state index is -1.11. The third kappa shape index (κ3) is 4.01. The summed E-state index contributed by atoms with van der Waals surface area (Å²) in [5.41, 5.74) is 2.35. The molecule has 2 aliphatic heterocycles. The third-order valence-corrected chi connectivity index (χ3v) is 9.31. The number of nitrogens with zero attached hydrogens (tertiary/aromatic N) is 2. The van der Waals surface area contributed by atoms with Crippen molar-refractivity contribution in [3.8, 4) is 0 Å². The summed E-state index contributed by atoms with van der Waals surface area (Å²) in [6.07, 6.45) is 2.29. The van der Waals surface area contributed by atoms with E-state index in [1.165, 1.54) is 23.5 Å². The molecule has 0 bridgehead atoms. The van der Waals surface area contributed by atoms with E-state index in [0.29, 0.717) is 43.3 Å². The molecule has 38 heavy (non-hydrogen) atoms. The monoisotopic (exact) mass is 590 g/mol. The molecule has 2 aromatic carbocycles. The van der Waals surface area contributed by atoms with Crippen molar-refractivity contribution in [3.63, 3.8) is 0 Å². The van der Waals surface area contributed by atoms with Crippen LogP contribution in [0.1, 0.15) is 45.2 Å². The number of rotatable bonds is 4. The molecule has 1 aliphatic carbocycles. The van der Waals surface area contributed by atoms with Gasteiger partial charge in [-0.3, -0.25) is 14.4 Å². The Balaban J connectivity index is 1.46. The highest BCUT2D eigenvalue weighted by atomic mass is 35.5. The number of hydrogen-bond donors (Lipinski definition) is 0. The molecule has 0 saturated carbocycles. The Kier molecular flexibility index (Phi) is 6.64. The van der Waals surface area contributed by atoms with Crippen LogP contribution < -0.4 is 9.96 Å². The summed E-state index contributed by atoms with van der Waals surface area (Å²) in [6, 6.07) is 11.2. The topological polar surface area (TPSA) is 76.2 Å². The molecule has 0 unspecified atom stereocenters. The van der Waals surface area contributed by atoms with Crippen molar-refractivity contribution in [1.29, 1.82) is 0 Å². The number of amides is 2. The van der Waals surface area contributed by atoms with Crippen LogP contribution in [0.25, 0.3) is 0 Å². The highest BCUT2D eigenvalue weighted by molar-refractivity contribution is 7.17. The van der Waals surface area contributed by atoms with Crippen molar-refractivity contribution in [2.75, 3.05) is 17.1 Å². The second-order valence-electron chi connectivity index (χ2n) is 9.36. The van der Waals surface area contributed by atoms with E-state index >= 15 is 0 Å². The zero-order chi connectivity index (χ0) is 26.7. The summed E-state index contributed by atoms with van der Waals surface area (Å²) in [5.74, 6) is -2.47. The summed E-state index contributed by atoms with van der Waals surface area (Å²) >= 11 is 20.2. The number of benzene rings is 2. The standard InChI is InChI=1S/C27H21Cl3N2O5S/c1-36-27(35)20-17-4-2-3-5-19(17)38-26(20)31-24(33)21-22(16-11-8-14(29)12-18(16)30)32(37-23(21)25(31)34)15-9-6-13(28)7-10-15/h6-12,21-23H,2-5H2,1H3/t21-,22+,23-/m1/s1. The molecule has 3 aliphatic rings. The lowest BCUT2D eigenvalue weighted by atomic mass is 9.90. The number of halogens is 3. The smallest absolute Gasteiger partial charge is 0.341 e. The normalized spacial score (nSPS) is 22.6. The molecule has 3 heterocycles. The zero-order valence-electron chi connectivity index (χ0n) is 20.1. The minimum absolute atomic E-state index is 0.296. The van der Waals surface area contributed by atoms with Gasteiger partial charge in [0.2, 0.25) is 5.91 Å². The van der Waals surface area contributed by atoms with Crippen LogP contribution in [0.3, 0.4) is 0 Å². The lowest BCUT2D eigenvalue weighted by Crippen LogP contribution is -2.37. The molecule has 3 aromatic rings. The van der Waals surface area contributed by atoms with Crippen molar-refractivity contribution in [2.24, 2.45) is 5.92 Å². The Morgan fingerprint density at radius 2 is 1.71 bits per heavy atom. The van der Waals surface area contributed by atoms with Crippen LogP contribution in [0, 0.1) is 5.92 Å². The predicted octanol–water partition coefficient (Wildman–Crippen LogP) is 6.42. The number of hydrogen-bond acceptors (Lipinski definition) is 7. The first-order valence-electron chi connectivity index (χ1n) is 12.1. The summed E-state index contributed by atoms with van der Waals surface area (Å²) in [7, 11) is 1.30. The Morgan fingerprint density at radius 1 is 1.00 bits per heavy atom. The highest BCUT2D eigenvalue weighted by Crippen LogP contribution is 2.51. The van der Waals surface area contributed by atoms with Gasteiger partial charge in [0.1, 0.15) is 10.9 Å². The minimum Gasteiger partial charge on any atom is -0.465 e. The van der Waals surface area contributed by atoms with Gasteiger partial charge in [-0.05, 0) is 73.2 Å². The quantitative estimate of drug-likeness (QED) is 0.257. The number of imide groups is 1. The molecule has 0 N–H and O–H groups in total. The second-order valence-corrected chi connectivity index (χ2v) is 11.7. The Morgan fingerprint density at radius 3 is 2.42 bits per heavy atom. The second kappa shape index (κ2) is 9.84. The zero-order valence-corrected chi connectivity index (χ0v) is 23.2. The van der Waals surface area contributed by atoms with E-state index in [4.69, 9.17) is 44.4 Å². The van der Waals surface area contributed by atoms with E-state index in [9.17, 15) is 14.4 Å². The molecule has 1 aromatic heterocycles. The number of methoxy groups -OCH3 is 1. The fourth-order valence-electron chi connectivity index (χ4n) is 5.51. The Bertz CT molecular complexity index is 1470. The van der Waals surface area contributed by atoms with Gasteiger partial charge in [-0.1, -0.05) is 40.9 Å². The van der Waals surface area contributed by atoms with Crippen molar-refractivity contribution in [1.82, 2.24) is 0 Å². The summed E-state index contributed by atoms with van der Waals surface area (Å²) in [6.45, 7) is 0. The Labute approximate surface area is 237 Å².